The van der Waals surface area contributed by atoms with Crippen molar-refractivity contribution in [2.75, 3.05) is 0 Å². The highest BCUT2D eigenvalue weighted by Crippen LogP contribution is 2.14. The van der Waals surface area contributed by atoms with Crippen LogP contribution in [-0.2, 0) is 19.3 Å². The van der Waals surface area contributed by atoms with Gasteiger partial charge in [0.05, 0.1) is 0 Å². The lowest BCUT2D eigenvalue weighted by Crippen LogP contribution is -2.10. The van der Waals surface area contributed by atoms with E-state index in [1.165, 1.54) is 33.4 Å². The van der Waals surface area contributed by atoms with Gasteiger partial charge < -0.3 is 0 Å². The van der Waals surface area contributed by atoms with Crippen LogP contribution in [-0.4, -0.2) is 15.0 Å². The molecule has 0 N–H and O–H groups in total. The van der Waals surface area contributed by atoms with Crippen molar-refractivity contribution < 1.29 is 0 Å². The van der Waals surface area contributed by atoms with E-state index in [0.717, 1.165) is 36.7 Å². The van der Waals surface area contributed by atoms with E-state index in [0.29, 0.717) is 0 Å². The minimum absolute atomic E-state index is 0.798. The Bertz CT molecular complexity index is 571. The molecule has 3 nitrogen and oxygen atoms in total. The molecule has 0 bridgehead atoms. The van der Waals surface area contributed by atoms with Gasteiger partial charge in [-0.2, -0.15) is 0 Å². The van der Waals surface area contributed by atoms with E-state index in [1.807, 2.05) is 0 Å². The fourth-order valence-corrected chi connectivity index (χ4v) is 2.00. The third kappa shape index (κ3) is 6.38. The van der Waals surface area contributed by atoms with Crippen molar-refractivity contribution in [3.8, 4) is 0 Å². The highest BCUT2D eigenvalue weighted by molar-refractivity contribution is 5.19. The van der Waals surface area contributed by atoms with Crippen molar-refractivity contribution in [2.24, 2.45) is 0 Å². The topological polar surface area (TPSA) is 38.7 Å². The Morgan fingerprint density at radius 1 is 0.458 bits per heavy atom. The van der Waals surface area contributed by atoms with Crippen molar-refractivity contribution in [1.29, 1.82) is 0 Å². The third-order valence-electron chi connectivity index (χ3n) is 4.60. The zero-order chi connectivity index (χ0) is 18.4. The van der Waals surface area contributed by atoms with Crippen LogP contribution in [0.5, 0.6) is 0 Å². The molecule has 0 atom stereocenters. The van der Waals surface area contributed by atoms with Gasteiger partial charge >= 0.3 is 0 Å². The lowest BCUT2D eigenvalue weighted by atomic mass is 10.1. The van der Waals surface area contributed by atoms with Crippen LogP contribution < -0.4 is 0 Å². The standard InChI is InChI=1S/C21H33N3/c1-13(2)16(7)10-19-22-20(11-17(8)14(3)4)24-21(23-19)12-18(9)15(5)6/h10-12H2,1-9H3. The molecule has 1 rings (SSSR count). The molecule has 1 aromatic rings. The highest BCUT2D eigenvalue weighted by Gasteiger charge is 2.10. The lowest BCUT2D eigenvalue weighted by molar-refractivity contribution is 0.780. The summed E-state index contributed by atoms with van der Waals surface area (Å²) in [7, 11) is 0. The summed E-state index contributed by atoms with van der Waals surface area (Å²) >= 11 is 0. The Balaban J connectivity index is 3.26. The van der Waals surface area contributed by atoms with Gasteiger partial charge in [-0.05, 0) is 62.3 Å². The summed E-state index contributed by atoms with van der Waals surface area (Å²) < 4.78 is 0. The molecule has 0 aliphatic rings. The third-order valence-corrected chi connectivity index (χ3v) is 4.60. The SMILES string of the molecule is CC(C)=C(C)Cc1nc(CC(C)=C(C)C)nc(CC(C)=C(C)C)n1. The molecule has 0 saturated carbocycles. The molecule has 0 saturated heterocycles. The number of hydrogen-bond donors (Lipinski definition) is 0. The largest absolute Gasteiger partial charge is 0.217 e. The summed E-state index contributed by atoms with van der Waals surface area (Å²) in [6.45, 7) is 19.3. The average molecular weight is 328 g/mol. The van der Waals surface area contributed by atoms with Gasteiger partial charge in [-0.1, -0.05) is 33.4 Å². The predicted molar refractivity (Wildman–Crippen MR) is 103 cm³/mol. The normalized spacial score (nSPS) is 10.4. The molecule has 3 heteroatoms. The zero-order valence-electron chi connectivity index (χ0n) is 17.0. The minimum atomic E-state index is 0.798. The average Bonchev–Trinajstić information content (AvgIpc) is 2.46. The maximum absolute atomic E-state index is 4.72. The highest BCUT2D eigenvalue weighted by atomic mass is 15.0. The molecule has 132 valence electrons. The predicted octanol–water partition coefficient (Wildman–Crippen LogP) is 5.57. The van der Waals surface area contributed by atoms with Gasteiger partial charge in [0.2, 0.25) is 0 Å². The van der Waals surface area contributed by atoms with E-state index < -0.39 is 0 Å². The van der Waals surface area contributed by atoms with Crippen LogP contribution in [0.15, 0.2) is 33.4 Å². The van der Waals surface area contributed by atoms with E-state index in [1.54, 1.807) is 0 Å². The summed E-state index contributed by atoms with van der Waals surface area (Å²) in [5.74, 6) is 2.66. The van der Waals surface area contributed by atoms with Crippen LogP contribution in [0.3, 0.4) is 0 Å². The van der Waals surface area contributed by atoms with Gasteiger partial charge in [-0.25, -0.2) is 15.0 Å². The summed E-state index contributed by atoms with van der Waals surface area (Å²) in [6.07, 6.45) is 2.39. The van der Waals surface area contributed by atoms with Gasteiger partial charge in [0, 0.05) is 19.3 Å². The summed E-state index contributed by atoms with van der Waals surface area (Å²) in [6, 6.07) is 0. The molecule has 0 aliphatic heterocycles. The summed E-state index contributed by atoms with van der Waals surface area (Å²) in [5.41, 5.74) is 7.99. The van der Waals surface area contributed by atoms with Crippen molar-refractivity contribution >= 4 is 0 Å². The minimum Gasteiger partial charge on any atom is -0.217 e. The van der Waals surface area contributed by atoms with Crippen LogP contribution in [0.4, 0.5) is 0 Å². The molecule has 0 amide bonds. The Hall–Kier alpha value is -1.77. The number of aromatic nitrogens is 3. The van der Waals surface area contributed by atoms with Crippen LogP contribution in [0.1, 0.15) is 79.8 Å². The van der Waals surface area contributed by atoms with E-state index in [9.17, 15) is 0 Å². The number of nitrogens with zero attached hydrogens (tertiary/aromatic N) is 3. The molecule has 1 heterocycles. The number of hydrogen-bond acceptors (Lipinski definition) is 3. The first-order valence-corrected chi connectivity index (χ1v) is 8.71. The molecule has 1 aromatic heterocycles. The van der Waals surface area contributed by atoms with Crippen LogP contribution >= 0.6 is 0 Å². The molecule has 0 aromatic carbocycles. The molecule has 24 heavy (non-hydrogen) atoms. The summed E-state index contributed by atoms with van der Waals surface area (Å²) in [5, 5.41) is 0. The summed E-state index contributed by atoms with van der Waals surface area (Å²) in [4.78, 5) is 14.2. The second-order valence-corrected chi connectivity index (χ2v) is 7.46. The fourth-order valence-electron chi connectivity index (χ4n) is 2.00. The van der Waals surface area contributed by atoms with Crippen LogP contribution in [0, 0.1) is 0 Å². The van der Waals surface area contributed by atoms with Crippen LogP contribution in [0.25, 0.3) is 0 Å². The fraction of sp³-hybridized carbons (Fsp3) is 0.571. The maximum Gasteiger partial charge on any atom is 0.136 e. The van der Waals surface area contributed by atoms with E-state index >= 15 is 0 Å². The van der Waals surface area contributed by atoms with E-state index in [2.05, 4.69) is 62.3 Å². The van der Waals surface area contributed by atoms with Gasteiger partial charge in [-0.15, -0.1) is 0 Å². The smallest absolute Gasteiger partial charge is 0.136 e. The molecule has 0 spiro atoms. The first-order valence-electron chi connectivity index (χ1n) is 8.71. The molecule has 0 aliphatic carbocycles. The maximum atomic E-state index is 4.72. The van der Waals surface area contributed by atoms with Gasteiger partial charge in [0.1, 0.15) is 17.5 Å². The molecular formula is C21H33N3. The number of rotatable bonds is 6. The Morgan fingerprint density at radius 3 is 0.833 bits per heavy atom. The van der Waals surface area contributed by atoms with Crippen molar-refractivity contribution in [3.05, 3.63) is 50.9 Å². The van der Waals surface area contributed by atoms with E-state index in [-0.39, 0.29) is 0 Å². The molecule has 0 radical (unpaired) electrons. The van der Waals surface area contributed by atoms with Crippen molar-refractivity contribution in [3.63, 3.8) is 0 Å². The van der Waals surface area contributed by atoms with Crippen molar-refractivity contribution in [2.45, 2.75) is 81.6 Å². The van der Waals surface area contributed by atoms with E-state index in [4.69, 9.17) is 15.0 Å². The molecule has 0 fully saturated rings. The zero-order valence-corrected chi connectivity index (χ0v) is 17.0. The second kappa shape index (κ2) is 8.91. The van der Waals surface area contributed by atoms with Gasteiger partial charge in [0.25, 0.3) is 0 Å². The quantitative estimate of drug-likeness (QED) is 0.641. The molecule has 0 unspecified atom stereocenters. The van der Waals surface area contributed by atoms with Gasteiger partial charge in [0.15, 0.2) is 0 Å². The lowest BCUT2D eigenvalue weighted by Gasteiger charge is -2.10. The molecular weight excluding hydrogens is 294 g/mol. The second-order valence-electron chi connectivity index (χ2n) is 7.46. The Labute approximate surface area is 148 Å². The monoisotopic (exact) mass is 327 g/mol. The van der Waals surface area contributed by atoms with Crippen LogP contribution in [0.2, 0.25) is 0 Å². The first-order chi connectivity index (χ1) is 11.1. The first kappa shape index (κ1) is 20.3. The van der Waals surface area contributed by atoms with Crippen molar-refractivity contribution in [1.82, 2.24) is 15.0 Å². The Morgan fingerprint density at radius 2 is 0.667 bits per heavy atom. The Kier molecular flexibility index (Phi) is 7.53. The van der Waals surface area contributed by atoms with Gasteiger partial charge in [-0.3, -0.25) is 0 Å². The number of allylic oxidation sites excluding steroid dienone is 6.